The van der Waals surface area contributed by atoms with Crippen LogP contribution in [0.4, 0.5) is 5.69 Å². The molecule has 3 heterocycles. The second-order valence-corrected chi connectivity index (χ2v) is 18.0. The maximum Gasteiger partial charge on any atom is 0.264 e. The van der Waals surface area contributed by atoms with Crippen molar-refractivity contribution in [2.24, 2.45) is 17.8 Å². The zero-order valence-electron chi connectivity index (χ0n) is 28.2. The van der Waals surface area contributed by atoms with Gasteiger partial charge in [-0.2, -0.15) is 0 Å². The first-order valence-electron chi connectivity index (χ1n) is 17.9. The summed E-state index contributed by atoms with van der Waals surface area (Å²) in [7, 11) is -3.95. The number of carbonyl (C=O) groups is 1. The van der Waals surface area contributed by atoms with Crippen LogP contribution >= 0.6 is 11.6 Å². The summed E-state index contributed by atoms with van der Waals surface area (Å²) >= 11 is 6.45. The van der Waals surface area contributed by atoms with Gasteiger partial charge in [-0.15, -0.1) is 0 Å². The molecular formula is C37H50ClN3O6S. The van der Waals surface area contributed by atoms with Crippen molar-refractivity contribution in [2.45, 2.75) is 94.0 Å². The molecule has 2 bridgehead atoms. The molecule has 9 nitrogen and oxygen atoms in total. The summed E-state index contributed by atoms with van der Waals surface area (Å²) in [5, 5.41) is 22.8. The first-order valence-corrected chi connectivity index (χ1v) is 19.8. The Labute approximate surface area is 290 Å². The van der Waals surface area contributed by atoms with E-state index >= 15 is 0 Å². The third-order valence-corrected chi connectivity index (χ3v) is 14.6. The average molecular weight is 700 g/mol. The Morgan fingerprint density at radius 3 is 2.62 bits per heavy atom. The molecule has 262 valence electrons. The summed E-state index contributed by atoms with van der Waals surface area (Å²) in [6.45, 7) is 7.24. The van der Waals surface area contributed by atoms with E-state index in [0.717, 1.165) is 49.4 Å². The van der Waals surface area contributed by atoms with Crippen molar-refractivity contribution in [1.82, 2.24) is 9.62 Å². The molecule has 0 radical (unpaired) electrons. The van der Waals surface area contributed by atoms with Crippen molar-refractivity contribution >= 4 is 33.2 Å². The van der Waals surface area contributed by atoms with Crippen LogP contribution in [0.15, 0.2) is 36.4 Å². The molecule has 2 aromatic rings. The normalized spacial score (nSPS) is 35.5. The summed E-state index contributed by atoms with van der Waals surface area (Å²) in [6.07, 6.45) is 7.03. The van der Waals surface area contributed by atoms with Gasteiger partial charge in [-0.1, -0.05) is 31.0 Å². The van der Waals surface area contributed by atoms with Gasteiger partial charge in [0.2, 0.25) is 10.0 Å². The number of likely N-dealkylation sites (tertiary alicyclic amines) is 1. The van der Waals surface area contributed by atoms with Crippen LogP contribution < -0.4 is 14.4 Å². The Morgan fingerprint density at radius 2 is 1.88 bits per heavy atom. The zero-order chi connectivity index (χ0) is 33.8. The number of halogens is 1. The number of hydrogen-bond acceptors (Lipinski definition) is 8. The van der Waals surface area contributed by atoms with Gasteiger partial charge >= 0.3 is 0 Å². The number of ether oxygens (including phenoxy) is 1. The van der Waals surface area contributed by atoms with Crippen LogP contribution in [0.25, 0.3) is 0 Å². The van der Waals surface area contributed by atoms with Gasteiger partial charge in [0.15, 0.2) is 0 Å². The molecule has 7 atom stereocenters. The minimum atomic E-state index is -3.95. The van der Waals surface area contributed by atoms with E-state index in [1.165, 1.54) is 11.1 Å². The highest BCUT2D eigenvalue weighted by molar-refractivity contribution is 7.90. The largest absolute Gasteiger partial charge is 0.490 e. The van der Waals surface area contributed by atoms with E-state index in [1.807, 2.05) is 13.0 Å². The van der Waals surface area contributed by atoms with Crippen LogP contribution in [0.2, 0.25) is 5.02 Å². The van der Waals surface area contributed by atoms with E-state index in [2.05, 4.69) is 26.7 Å². The third-order valence-electron chi connectivity index (χ3n) is 12.4. The van der Waals surface area contributed by atoms with E-state index in [1.54, 1.807) is 25.1 Å². The highest BCUT2D eigenvalue weighted by atomic mass is 35.5. The number of benzene rings is 2. The van der Waals surface area contributed by atoms with Gasteiger partial charge < -0.3 is 19.8 Å². The first-order chi connectivity index (χ1) is 22.9. The molecule has 3 aliphatic heterocycles. The number of β-amino-alcohol motifs (C(OH)–C–C–N with tert-alkyl or cyclic N) is 2. The maximum atomic E-state index is 13.5. The predicted molar refractivity (Wildman–Crippen MR) is 187 cm³/mol. The number of fused-ring (bicyclic) bond motifs is 4. The van der Waals surface area contributed by atoms with Gasteiger partial charge in [0.25, 0.3) is 5.91 Å². The van der Waals surface area contributed by atoms with Gasteiger partial charge in [-0.25, -0.2) is 13.1 Å². The lowest BCUT2D eigenvalue weighted by Gasteiger charge is -2.51. The Hall–Kier alpha value is -2.37. The first kappa shape index (κ1) is 34.1. The van der Waals surface area contributed by atoms with E-state index < -0.39 is 26.8 Å². The smallest absolute Gasteiger partial charge is 0.264 e. The third kappa shape index (κ3) is 6.48. The summed E-state index contributed by atoms with van der Waals surface area (Å²) in [5.74, 6) is 0.114. The fraction of sp³-hybridized carbons (Fsp3) is 0.649. The van der Waals surface area contributed by atoms with Crippen molar-refractivity contribution in [1.29, 1.82) is 0 Å². The molecule has 11 heteroatoms. The molecular weight excluding hydrogens is 650 g/mol. The molecule has 0 aromatic heterocycles. The van der Waals surface area contributed by atoms with Crippen LogP contribution in [-0.2, 0) is 21.9 Å². The highest BCUT2D eigenvalue weighted by Crippen LogP contribution is 2.49. The Balaban J connectivity index is 1.29. The van der Waals surface area contributed by atoms with E-state index in [9.17, 15) is 23.4 Å². The Bertz CT molecular complexity index is 1660. The molecule has 1 saturated carbocycles. The fourth-order valence-corrected chi connectivity index (χ4v) is 10.8. The number of rotatable bonds is 2. The standard InChI is InChI=1S/C37H50ClN3O6S/c1-24-5-3-15-37(44,22-40-16-13-30(42)20-40)32-10-7-28(32)19-41-21-36(14-4-6-26-17-29(38)9-11-31(26)36)23-47-34-12-8-27(18-33(34)41)35(43)39-48(45,46)25(24)2/h8-9,11-12,17-18,24-25,28,30,32,42,44H,3-7,10,13-16,19-23H2,1-2H3,(H,39,43)/t24-,25+,28-,30+,32+,36-,37-/m0/s1. The van der Waals surface area contributed by atoms with Crippen molar-refractivity contribution in [3.63, 3.8) is 0 Å². The van der Waals surface area contributed by atoms with Gasteiger partial charge in [0.1, 0.15) is 5.75 Å². The zero-order valence-corrected chi connectivity index (χ0v) is 29.7. The summed E-state index contributed by atoms with van der Waals surface area (Å²) in [5.41, 5.74) is 2.30. The average Bonchev–Trinajstić information content (AvgIpc) is 3.36. The van der Waals surface area contributed by atoms with Crippen LogP contribution in [-0.4, -0.2) is 85.7 Å². The molecule has 2 fully saturated rings. The minimum Gasteiger partial charge on any atom is -0.490 e. The van der Waals surface area contributed by atoms with Gasteiger partial charge in [0.05, 0.1) is 29.2 Å². The summed E-state index contributed by atoms with van der Waals surface area (Å²) < 4.78 is 35.9. The van der Waals surface area contributed by atoms with Crippen LogP contribution in [0.5, 0.6) is 5.75 Å². The van der Waals surface area contributed by atoms with Crippen molar-refractivity contribution in [2.75, 3.05) is 44.2 Å². The molecule has 48 heavy (non-hydrogen) atoms. The molecule has 1 saturated heterocycles. The topological polar surface area (TPSA) is 119 Å². The lowest BCUT2D eigenvalue weighted by molar-refractivity contribution is -0.104. The number of aliphatic hydroxyl groups is 2. The molecule has 0 unspecified atom stereocenters. The maximum absolute atomic E-state index is 13.5. The summed E-state index contributed by atoms with van der Waals surface area (Å²) in [4.78, 5) is 18.1. The number of hydrogen-bond donors (Lipinski definition) is 3. The number of anilines is 1. The minimum absolute atomic E-state index is 0.0621. The molecule has 2 aromatic carbocycles. The second-order valence-electron chi connectivity index (χ2n) is 15.6. The van der Waals surface area contributed by atoms with Crippen molar-refractivity contribution in [3.8, 4) is 5.75 Å². The molecule has 2 aliphatic carbocycles. The molecule has 1 amide bonds. The Morgan fingerprint density at radius 1 is 1.04 bits per heavy atom. The lowest BCUT2D eigenvalue weighted by atomic mass is 9.62. The van der Waals surface area contributed by atoms with Crippen LogP contribution in [0, 0.1) is 17.8 Å². The number of nitrogens with one attached hydrogen (secondary N) is 1. The van der Waals surface area contributed by atoms with Crippen LogP contribution in [0.1, 0.15) is 86.7 Å². The predicted octanol–water partition coefficient (Wildman–Crippen LogP) is 4.91. The number of carbonyl (C=O) groups excluding carboxylic acids is 1. The van der Waals surface area contributed by atoms with Gasteiger partial charge in [-0.3, -0.25) is 9.69 Å². The SMILES string of the molecule is C[C@@H]1[C@@H](C)CCC[C@](O)(CN2CC[C@@H](O)C2)[C@@H]2CC[C@H]2CN2C[C@@]3(CCCc4cc(Cl)ccc43)COc3ccc(cc32)C(=O)NS1(=O)=O. The fourth-order valence-electron chi connectivity index (χ4n) is 9.31. The highest BCUT2D eigenvalue weighted by Gasteiger charge is 2.50. The number of aliphatic hydroxyl groups excluding tert-OH is 1. The molecule has 5 aliphatic rings. The van der Waals surface area contributed by atoms with Crippen LogP contribution in [0.3, 0.4) is 0 Å². The quantitative estimate of drug-likeness (QED) is 0.405. The van der Waals surface area contributed by atoms with Gasteiger partial charge in [0, 0.05) is 48.7 Å². The van der Waals surface area contributed by atoms with E-state index in [-0.39, 0.29) is 34.8 Å². The van der Waals surface area contributed by atoms with Gasteiger partial charge in [-0.05, 0) is 118 Å². The molecule has 3 N–H and O–H groups in total. The Kier molecular flexibility index (Phi) is 9.28. The number of nitrogens with zero attached hydrogens (tertiary/aromatic N) is 2. The van der Waals surface area contributed by atoms with E-state index in [0.29, 0.717) is 64.2 Å². The number of aryl methyl sites for hydroxylation is 1. The summed E-state index contributed by atoms with van der Waals surface area (Å²) in [6, 6.07) is 11.4. The monoisotopic (exact) mass is 699 g/mol. The number of amides is 1. The molecule has 7 rings (SSSR count). The number of sulfonamides is 1. The van der Waals surface area contributed by atoms with Crippen molar-refractivity contribution in [3.05, 3.63) is 58.1 Å². The lowest BCUT2D eigenvalue weighted by Crippen LogP contribution is -2.56. The molecule has 1 spiro atoms. The second kappa shape index (κ2) is 13.1. The van der Waals surface area contributed by atoms with Crippen molar-refractivity contribution < 1.29 is 28.2 Å². The van der Waals surface area contributed by atoms with E-state index in [4.69, 9.17) is 16.3 Å².